The van der Waals surface area contributed by atoms with E-state index in [2.05, 4.69) is 191 Å². The van der Waals surface area contributed by atoms with Crippen molar-refractivity contribution in [2.75, 3.05) is 39.6 Å². The highest BCUT2D eigenvalue weighted by atomic mass is 31.2. The van der Waals surface area contributed by atoms with Gasteiger partial charge in [0.2, 0.25) is 0 Å². The van der Waals surface area contributed by atoms with Crippen LogP contribution in [0.4, 0.5) is 0 Å². The number of unbranched alkanes of at least 4 members (excludes halogenated alkanes) is 50. The lowest BCUT2D eigenvalue weighted by Crippen LogP contribution is -2.30. The summed E-state index contributed by atoms with van der Waals surface area (Å²) in [6.45, 7) is 2.51. The van der Waals surface area contributed by atoms with Crippen molar-refractivity contribution in [2.24, 2.45) is 0 Å². The zero-order valence-corrected chi connectivity index (χ0v) is 85.5. The minimum absolute atomic E-state index is 0.0966. The molecule has 0 aromatic heterocycles. The average Bonchev–Trinajstić information content (AvgIpc) is 0.898. The fourth-order valence-electron chi connectivity index (χ4n) is 14.9. The minimum atomic E-state index is -4.95. The van der Waals surface area contributed by atoms with Crippen LogP contribution in [0.1, 0.15) is 470 Å². The highest BCUT2D eigenvalue weighted by molar-refractivity contribution is 7.47. The number of phosphoric acid groups is 2. The van der Waals surface area contributed by atoms with Gasteiger partial charge in [0, 0.05) is 19.3 Å². The molecule has 18 heteroatoms. The lowest BCUT2D eigenvalue weighted by molar-refractivity contribution is -0.161. The van der Waals surface area contributed by atoms with Gasteiger partial charge >= 0.3 is 33.6 Å². The topological polar surface area (TPSA) is 231 Å². The van der Waals surface area contributed by atoms with E-state index in [0.29, 0.717) is 19.3 Å². The van der Waals surface area contributed by atoms with Crippen LogP contribution in [0, 0.1) is 0 Å². The third kappa shape index (κ3) is 105. The Labute approximate surface area is 803 Å². The molecule has 0 aliphatic rings. The highest BCUT2D eigenvalue weighted by Crippen LogP contribution is 2.45. The molecule has 754 valence electrons. The number of carbonyl (C=O) groups excluding carboxylic acids is 3. The van der Waals surface area contributed by atoms with Gasteiger partial charge in [-0.2, -0.15) is 0 Å². The van der Waals surface area contributed by atoms with E-state index >= 15 is 0 Å². The number of ether oxygens (including phenoxy) is 3. The Bertz CT molecular complexity index is 3060. The molecular weight excluding hydrogens is 1680 g/mol. The van der Waals surface area contributed by atoms with Gasteiger partial charge in [0.05, 0.1) is 26.4 Å². The lowest BCUT2D eigenvalue weighted by atomic mass is 10.0. The number of aliphatic hydroxyl groups is 2. The van der Waals surface area contributed by atoms with Crippen molar-refractivity contribution in [3.8, 4) is 0 Å². The van der Waals surface area contributed by atoms with Crippen LogP contribution in [0.5, 0.6) is 0 Å². The SMILES string of the molecule is CC/C=C\C/C=C\C/C=C\C/C=C\C/C=C\CCCCCCCCCCCCCCCCCCCCCC(=O)OCC(O)COP(=O)(O)OCC(O)COP(=O)(O)OCC(COC(=O)CCCCCCCCCCCCCCCCCCCCC/C=C\C/C=C\C/C=C\C/C=C\C/C=C\CC)OC(=O)CCCCCCCCCCC/C=C\C/C=C\C/C=C\C/C=C\CCCCC. The van der Waals surface area contributed by atoms with Gasteiger partial charge in [-0.3, -0.25) is 32.5 Å². The second-order valence-corrected chi connectivity index (χ2v) is 38.6. The predicted molar refractivity (Wildman–Crippen MR) is 555 cm³/mol. The Morgan fingerprint density at radius 3 is 0.641 bits per heavy atom. The van der Waals surface area contributed by atoms with Crippen LogP contribution in [0.2, 0.25) is 0 Å². The van der Waals surface area contributed by atoms with E-state index in [1.807, 2.05) is 0 Å². The Balaban J connectivity index is 4.55. The fourth-order valence-corrected chi connectivity index (χ4v) is 16.5. The van der Waals surface area contributed by atoms with Crippen LogP contribution in [-0.4, -0.2) is 95.9 Å². The maximum atomic E-state index is 13.1. The smallest absolute Gasteiger partial charge is 0.463 e. The molecule has 5 unspecified atom stereocenters. The van der Waals surface area contributed by atoms with Gasteiger partial charge in [-0.1, -0.05) is 467 Å². The molecular formula is C113H196O16P2. The molecule has 0 amide bonds. The van der Waals surface area contributed by atoms with Gasteiger partial charge in [-0.05, 0) is 154 Å². The second kappa shape index (κ2) is 104. The standard InChI is InChI=1S/C113H196O16P2/c1-4-7-10-13-16-19-22-25-28-31-34-37-40-43-45-47-49-51-53-55-57-59-61-64-66-69-72-75-78-81-84-87-90-93-96-99-111(116)123-102-108(114)103-125-130(119,120)126-104-109(115)105-127-131(121,122)128-107-110(129-113(118)101-98-95-92-89-86-83-80-77-74-71-68-63-42-39-36-33-30-27-24-21-18-15-12-9-6-3)106-124-112(117)100-97-94-91-88-85-82-79-76-73-70-67-65-62-60-58-56-54-52-50-48-46-44-41-38-35-32-29-26-23-20-17-14-11-8-5-2/h7-8,10-11,16-21,25-30,34-39,43-46,63,68,108-110,114-115H,4-6,9,12-15,22-24,31-33,40-42,47-62,64-67,69-107H2,1-3H3,(H,119,120)(H,121,122)/b10-7-,11-8-,19-16-,20-17-,21-18-,28-25-,29-26-,30-27-,37-34-,38-35-,39-36-,45-43-,46-44-,68-63-. The second-order valence-electron chi connectivity index (χ2n) is 35.6. The van der Waals surface area contributed by atoms with E-state index in [1.54, 1.807) is 0 Å². The largest absolute Gasteiger partial charge is 0.472 e. The van der Waals surface area contributed by atoms with Crippen LogP contribution in [-0.2, 0) is 55.8 Å². The molecule has 0 rings (SSSR count). The minimum Gasteiger partial charge on any atom is -0.463 e. The number of aliphatic hydroxyl groups excluding tert-OH is 2. The van der Waals surface area contributed by atoms with Gasteiger partial charge in [0.1, 0.15) is 25.4 Å². The zero-order chi connectivity index (χ0) is 95.0. The Morgan fingerprint density at radius 1 is 0.221 bits per heavy atom. The van der Waals surface area contributed by atoms with Crippen molar-refractivity contribution in [2.45, 2.75) is 489 Å². The van der Waals surface area contributed by atoms with E-state index in [9.17, 15) is 43.5 Å². The molecule has 4 N–H and O–H groups in total. The molecule has 16 nitrogen and oxygen atoms in total. The quantitative estimate of drug-likeness (QED) is 0.0146. The third-order valence-corrected chi connectivity index (χ3v) is 24.8. The average molecular weight is 1870 g/mol. The number of hydrogen-bond donors (Lipinski definition) is 4. The fraction of sp³-hybridized carbons (Fsp3) is 0.726. The molecule has 0 fully saturated rings. The molecule has 131 heavy (non-hydrogen) atoms. The summed E-state index contributed by atoms with van der Waals surface area (Å²) in [6, 6.07) is 0. The molecule has 0 saturated carbocycles. The number of phosphoric ester groups is 2. The lowest BCUT2D eigenvalue weighted by Gasteiger charge is -2.21. The van der Waals surface area contributed by atoms with Crippen molar-refractivity contribution in [3.63, 3.8) is 0 Å². The first kappa shape index (κ1) is 126. The van der Waals surface area contributed by atoms with Crippen molar-refractivity contribution in [3.05, 3.63) is 170 Å². The summed E-state index contributed by atoms with van der Waals surface area (Å²) in [7, 11) is -9.82. The summed E-state index contributed by atoms with van der Waals surface area (Å²) < 4.78 is 61.8. The zero-order valence-electron chi connectivity index (χ0n) is 83.7. The number of allylic oxidation sites excluding steroid dienone is 28. The molecule has 0 aromatic carbocycles. The maximum absolute atomic E-state index is 13.1. The van der Waals surface area contributed by atoms with E-state index in [0.717, 1.165) is 154 Å². The predicted octanol–water partition coefficient (Wildman–Crippen LogP) is 34.1. The van der Waals surface area contributed by atoms with Crippen molar-refractivity contribution < 1.29 is 75.8 Å². The van der Waals surface area contributed by atoms with Gasteiger partial charge in [0.15, 0.2) is 6.10 Å². The van der Waals surface area contributed by atoms with Gasteiger partial charge in [-0.15, -0.1) is 0 Å². The van der Waals surface area contributed by atoms with Crippen LogP contribution < -0.4 is 0 Å². The molecule has 0 saturated heterocycles. The summed E-state index contributed by atoms with van der Waals surface area (Å²) in [6.07, 6.45) is 137. The van der Waals surface area contributed by atoms with E-state index < -0.39 is 91.5 Å². The van der Waals surface area contributed by atoms with Gasteiger partial charge in [0.25, 0.3) is 0 Å². The molecule has 0 aliphatic heterocycles. The molecule has 5 atom stereocenters. The molecule has 0 spiro atoms. The van der Waals surface area contributed by atoms with E-state index in [4.69, 9.17) is 32.3 Å². The summed E-state index contributed by atoms with van der Waals surface area (Å²) in [4.78, 5) is 59.3. The van der Waals surface area contributed by atoms with Crippen molar-refractivity contribution in [1.82, 2.24) is 0 Å². The molecule has 0 heterocycles. The Kier molecular flexibility index (Phi) is 99.8. The van der Waals surface area contributed by atoms with Crippen molar-refractivity contribution >= 4 is 33.6 Å². The first-order chi connectivity index (χ1) is 64.2. The third-order valence-electron chi connectivity index (χ3n) is 22.9. The molecule has 0 aliphatic carbocycles. The van der Waals surface area contributed by atoms with E-state index in [1.165, 1.54) is 257 Å². The maximum Gasteiger partial charge on any atom is 0.472 e. The highest BCUT2D eigenvalue weighted by Gasteiger charge is 2.30. The summed E-state index contributed by atoms with van der Waals surface area (Å²) in [5.74, 6) is -1.56. The summed E-state index contributed by atoms with van der Waals surface area (Å²) in [5.41, 5.74) is 0. The first-order valence-corrected chi connectivity index (χ1v) is 56.4. The Hall–Kier alpha value is -5.09. The first-order valence-electron chi connectivity index (χ1n) is 53.4. The Morgan fingerprint density at radius 2 is 0.405 bits per heavy atom. The van der Waals surface area contributed by atoms with Gasteiger partial charge in [-0.25, -0.2) is 9.13 Å². The molecule has 0 aromatic rings. The molecule has 0 radical (unpaired) electrons. The van der Waals surface area contributed by atoms with Crippen molar-refractivity contribution in [1.29, 1.82) is 0 Å². The van der Waals surface area contributed by atoms with Crippen LogP contribution in [0.3, 0.4) is 0 Å². The van der Waals surface area contributed by atoms with E-state index in [-0.39, 0.29) is 19.3 Å². The number of carbonyl (C=O) groups is 3. The molecule has 0 bridgehead atoms. The normalized spacial score (nSPS) is 14.3. The summed E-state index contributed by atoms with van der Waals surface area (Å²) >= 11 is 0. The number of hydrogen-bond acceptors (Lipinski definition) is 14. The summed E-state index contributed by atoms with van der Waals surface area (Å²) in [5, 5.41) is 20.8. The van der Waals surface area contributed by atoms with Gasteiger partial charge < -0.3 is 34.2 Å². The van der Waals surface area contributed by atoms with Crippen LogP contribution in [0.15, 0.2) is 170 Å². The van der Waals surface area contributed by atoms with Crippen LogP contribution >= 0.6 is 15.6 Å². The monoisotopic (exact) mass is 1870 g/mol. The number of rotatable bonds is 101. The van der Waals surface area contributed by atoms with Crippen LogP contribution in [0.25, 0.3) is 0 Å². The number of esters is 3.